The summed E-state index contributed by atoms with van der Waals surface area (Å²) in [5, 5.41) is 2.56. The van der Waals surface area contributed by atoms with Crippen molar-refractivity contribution in [1.29, 1.82) is 0 Å². The van der Waals surface area contributed by atoms with Gasteiger partial charge < -0.3 is 15.1 Å². The summed E-state index contributed by atoms with van der Waals surface area (Å²) in [4.78, 5) is 40.2. The number of aryl methyl sites for hydroxylation is 1. The minimum absolute atomic E-state index is 0.106. The zero-order chi connectivity index (χ0) is 21.0. The van der Waals surface area contributed by atoms with Gasteiger partial charge in [0, 0.05) is 31.4 Å². The molecule has 7 heteroatoms. The van der Waals surface area contributed by atoms with Crippen LogP contribution >= 0.6 is 0 Å². The maximum atomic E-state index is 13.2. The molecule has 0 radical (unpaired) electrons. The van der Waals surface area contributed by atoms with E-state index >= 15 is 0 Å². The van der Waals surface area contributed by atoms with Crippen molar-refractivity contribution in [1.82, 2.24) is 4.90 Å². The number of rotatable bonds is 6. The number of likely N-dealkylation sites (N-methyl/N-ethyl adjacent to an activating group) is 1. The van der Waals surface area contributed by atoms with E-state index < -0.39 is 17.6 Å². The Bertz CT molecular complexity index is 914. The molecular weight excluding hydrogens is 373 g/mol. The maximum Gasteiger partial charge on any atom is 0.243 e. The average Bonchev–Trinajstić information content (AvgIpc) is 3.09. The van der Waals surface area contributed by atoms with Crippen molar-refractivity contribution in [2.75, 3.05) is 30.4 Å². The second-order valence-corrected chi connectivity index (χ2v) is 7.18. The monoisotopic (exact) mass is 397 g/mol. The molecule has 1 aliphatic rings. The number of nitrogens with zero attached hydrogens (tertiary/aromatic N) is 2. The lowest BCUT2D eigenvalue weighted by Gasteiger charge is -2.21. The van der Waals surface area contributed by atoms with Gasteiger partial charge in [0.15, 0.2) is 0 Å². The Labute approximate surface area is 169 Å². The van der Waals surface area contributed by atoms with E-state index in [2.05, 4.69) is 12.2 Å². The van der Waals surface area contributed by atoms with Crippen molar-refractivity contribution >= 4 is 29.1 Å². The zero-order valence-corrected chi connectivity index (χ0v) is 16.5. The molecule has 1 atom stereocenters. The van der Waals surface area contributed by atoms with Gasteiger partial charge in [-0.05, 0) is 42.3 Å². The molecule has 1 fully saturated rings. The lowest BCUT2D eigenvalue weighted by molar-refractivity contribution is -0.137. The number of amides is 3. The predicted octanol–water partition coefficient (Wildman–Crippen LogP) is 2.84. The number of carbonyl (C=O) groups is 3. The Morgan fingerprint density at radius 2 is 1.93 bits per heavy atom. The van der Waals surface area contributed by atoms with Crippen molar-refractivity contribution in [3.63, 3.8) is 0 Å². The number of carbonyl (C=O) groups excluding carboxylic acids is 3. The third kappa shape index (κ3) is 4.99. The van der Waals surface area contributed by atoms with E-state index in [1.807, 2.05) is 24.3 Å². The van der Waals surface area contributed by atoms with Crippen LogP contribution in [0.3, 0.4) is 0 Å². The Balaban J connectivity index is 1.58. The SMILES string of the molecule is CCc1ccc(N2C[C@@H](C(=O)N(C)CC(=O)Nc3cccc(F)c3)CC2=O)cc1. The van der Waals surface area contributed by atoms with Crippen LogP contribution < -0.4 is 10.2 Å². The summed E-state index contributed by atoms with van der Waals surface area (Å²) in [6, 6.07) is 13.3. The second kappa shape index (κ2) is 8.86. The highest BCUT2D eigenvalue weighted by atomic mass is 19.1. The fourth-order valence-corrected chi connectivity index (χ4v) is 3.41. The summed E-state index contributed by atoms with van der Waals surface area (Å²) >= 11 is 0. The minimum atomic E-state index is -0.500. The fourth-order valence-electron chi connectivity index (χ4n) is 3.41. The van der Waals surface area contributed by atoms with Gasteiger partial charge in [0.05, 0.1) is 12.5 Å². The summed E-state index contributed by atoms with van der Waals surface area (Å²) in [6.45, 7) is 2.18. The van der Waals surface area contributed by atoms with E-state index in [1.165, 1.54) is 35.7 Å². The topological polar surface area (TPSA) is 69.7 Å². The maximum absolute atomic E-state index is 13.2. The van der Waals surface area contributed by atoms with Crippen LogP contribution in [0.15, 0.2) is 48.5 Å². The molecule has 1 heterocycles. The molecule has 0 saturated carbocycles. The van der Waals surface area contributed by atoms with Crippen molar-refractivity contribution < 1.29 is 18.8 Å². The molecule has 0 aliphatic carbocycles. The molecule has 0 aromatic heterocycles. The highest BCUT2D eigenvalue weighted by Gasteiger charge is 2.36. The number of hydrogen-bond acceptors (Lipinski definition) is 3. The third-order valence-corrected chi connectivity index (χ3v) is 5.00. The molecule has 0 bridgehead atoms. The highest BCUT2D eigenvalue weighted by molar-refractivity contribution is 6.01. The van der Waals surface area contributed by atoms with Crippen LogP contribution in [0.1, 0.15) is 18.9 Å². The number of anilines is 2. The molecule has 0 spiro atoms. The lowest BCUT2D eigenvalue weighted by atomic mass is 10.1. The molecule has 29 heavy (non-hydrogen) atoms. The van der Waals surface area contributed by atoms with E-state index in [1.54, 1.807) is 11.0 Å². The predicted molar refractivity (Wildman–Crippen MR) is 109 cm³/mol. The molecule has 152 valence electrons. The average molecular weight is 397 g/mol. The third-order valence-electron chi connectivity index (χ3n) is 5.00. The smallest absolute Gasteiger partial charge is 0.243 e. The van der Waals surface area contributed by atoms with Gasteiger partial charge in [0.25, 0.3) is 0 Å². The van der Waals surface area contributed by atoms with Gasteiger partial charge in [-0.1, -0.05) is 25.1 Å². The first-order valence-corrected chi connectivity index (χ1v) is 9.57. The standard InChI is InChI=1S/C22H24FN3O3/c1-3-15-7-9-19(10-8-15)26-13-16(11-21(26)28)22(29)25(2)14-20(27)24-18-6-4-5-17(23)12-18/h4-10,12,16H,3,11,13-14H2,1-2H3,(H,24,27)/t16-/m0/s1. The van der Waals surface area contributed by atoms with Crippen molar-refractivity contribution in [2.24, 2.45) is 5.92 Å². The van der Waals surface area contributed by atoms with E-state index in [0.29, 0.717) is 12.2 Å². The number of nitrogens with one attached hydrogen (secondary N) is 1. The molecule has 1 saturated heterocycles. The highest BCUT2D eigenvalue weighted by Crippen LogP contribution is 2.26. The van der Waals surface area contributed by atoms with Crippen molar-refractivity contribution in [3.8, 4) is 0 Å². The molecule has 1 N–H and O–H groups in total. The van der Waals surface area contributed by atoms with E-state index in [-0.39, 0.29) is 24.8 Å². The first kappa shape index (κ1) is 20.5. The Morgan fingerprint density at radius 3 is 2.59 bits per heavy atom. The van der Waals surface area contributed by atoms with Crippen LogP contribution in [0.2, 0.25) is 0 Å². The molecule has 2 aromatic carbocycles. The summed E-state index contributed by atoms with van der Waals surface area (Å²) in [5.41, 5.74) is 2.28. The molecule has 6 nitrogen and oxygen atoms in total. The van der Waals surface area contributed by atoms with E-state index in [0.717, 1.165) is 12.1 Å². The van der Waals surface area contributed by atoms with Crippen LogP contribution in [0.25, 0.3) is 0 Å². The first-order valence-electron chi connectivity index (χ1n) is 9.57. The summed E-state index contributed by atoms with van der Waals surface area (Å²) in [5.74, 6) is -1.75. The van der Waals surface area contributed by atoms with Gasteiger partial charge in [0.1, 0.15) is 5.82 Å². The molecule has 0 unspecified atom stereocenters. The summed E-state index contributed by atoms with van der Waals surface area (Å²) in [7, 11) is 1.52. The number of halogens is 1. The zero-order valence-electron chi connectivity index (χ0n) is 16.5. The van der Waals surface area contributed by atoms with Gasteiger partial charge in [-0.25, -0.2) is 4.39 Å². The quantitative estimate of drug-likeness (QED) is 0.815. The minimum Gasteiger partial charge on any atom is -0.336 e. The van der Waals surface area contributed by atoms with Gasteiger partial charge in [-0.3, -0.25) is 14.4 Å². The number of benzene rings is 2. The van der Waals surface area contributed by atoms with Gasteiger partial charge in [-0.2, -0.15) is 0 Å². The largest absolute Gasteiger partial charge is 0.336 e. The van der Waals surface area contributed by atoms with Crippen molar-refractivity contribution in [3.05, 3.63) is 59.9 Å². The van der Waals surface area contributed by atoms with Gasteiger partial charge in [-0.15, -0.1) is 0 Å². The van der Waals surface area contributed by atoms with Crippen LogP contribution in [0, 0.1) is 11.7 Å². The fraction of sp³-hybridized carbons (Fsp3) is 0.318. The first-order chi connectivity index (χ1) is 13.9. The van der Waals surface area contributed by atoms with E-state index in [9.17, 15) is 18.8 Å². The van der Waals surface area contributed by atoms with Crippen molar-refractivity contribution in [2.45, 2.75) is 19.8 Å². The lowest BCUT2D eigenvalue weighted by Crippen LogP contribution is -2.39. The molecule has 1 aliphatic heterocycles. The molecule has 3 amide bonds. The molecule has 2 aromatic rings. The van der Waals surface area contributed by atoms with Crippen LogP contribution in [-0.4, -0.2) is 42.8 Å². The van der Waals surface area contributed by atoms with Crippen LogP contribution in [-0.2, 0) is 20.8 Å². The summed E-state index contributed by atoms with van der Waals surface area (Å²) < 4.78 is 13.2. The number of hydrogen-bond donors (Lipinski definition) is 1. The second-order valence-electron chi connectivity index (χ2n) is 7.18. The molecular formula is C22H24FN3O3. The van der Waals surface area contributed by atoms with Crippen LogP contribution in [0.4, 0.5) is 15.8 Å². The van der Waals surface area contributed by atoms with E-state index in [4.69, 9.17) is 0 Å². The van der Waals surface area contributed by atoms with Gasteiger partial charge in [0.2, 0.25) is 17.7 Å². The van der Waals surface area contributed by atoms with Crippen LogP contribution in [0.5, 0.6) is 0 Å². The van der Waals surface area contributed by atoms with Gasteiger partial charge >= 0.3 is 0 Å². The summed E-state index contributed by atoms with van der Waals surface area (Å²) in [6.07, 6.45) is 1.03. The Hall–Kier alpha value is -3.22. The Morgan fingerprint density at radius 1 is 1.21 bits per heavy atom. The normalized spacial score (nSPS) is 16.0. The molecule has 3 rings (SSSR count). The Kier molecular flexibility index (Phi) is 6.26.